The van der Waals surface area contributed by atoms with E-state index < -0.39 is 0 Å². The summed E-state index contributed by atoms with van der Waals surface area (Å²) in [5.41, 5.74) is 4.39. The van der Waals surface area contributed by atoms with E-state index in [1.54, 1.807) is 6.07 Å². The summed E-state index contributed by atoms with van der Waals surface area (Å²) in [6.45, 7) is 2.05. The monoisotopic (exact) mass is 336 g/mol. The Kier molecular flexibility index (Phi) is 3.73. The zero-order valence-electron chi connectivity index (χ0n) is 13.3. The lowest BCUT2D eigenvalue weighted by Gasteiger charge is -2.12. The molecule has 120 valence electrons. The Balaban J connectivity index is 1.91. The number of pyridine rings is 1. The van der Waals surface area contributed by atoms with E-state index in [1.165, 1.54) is 0 Å². The second-order valence-electron chi connectivity index (χ2n) is 6.28. The maximum Gasteiger partial charge on any atom is 0.252 e. The second-order valence-corrected chi connectivity index (χ2v) is 6.72. The SMILES string of the molecule is Cc1ccccc1-c1cc(C(=O)NC2CC2)c2cc(Cl)ccc2n1. The van der Waals surface area contributed by atoms with Crippen molar-refractivity contribution >= 4 is 28.4 Å². The van der Waals surface area contributed by atoms with Gasteiger partial charge in [-0.1, -0.05) is 35.9 Å². The highest BCUT2D eigenvalue weighted by Gasteiger charge is 2.25. The number of hydrogen-bond donors (Lipinski definition) is 1. The lowest BCUT2D eigenvalue weighted by Crippen LogP contribution is -2.25. The molecule has 3 aromatic rings. The molecule has 2 aromatic carbocycles. The summed E-state index contributed by atoms with van der Waals surface area (Å²) in [6.07, 6.45) is 2.11. The first-order chi connectivity index (χ1) is 11.6. The molecule has 1 aliphatic rings. The van der Waals surface area contributed by atoms with Gasteiger partial charge in [-0.3, -0.25) is 4.79 Å². The highest BCUT2D eigenvalue weighted by atomic mass is 35.5. The van der Waals surface area contributed by atoms with E-state index in [0.717, 1.165) is 40.6 Å². The average Bonchev–Trinajstić information content (AvgIpc) is 3.38. The lowest BCUT2D eigenvalue weighted by atomic mass is 10.0. The Labute approximate surface area is 145 Å². The van der Waals surface area contributed by atoms with Gasteiger partial charge in [-0.15, -0.1) is 0 Å². The maximum absolute atomic E-state index is 12.7. The molecule has 3 nitrogen and oxygen atoms in total. The van der Waals surface area contributed by atoms with Crippen molar-refractivity contribution in [3.05, 3.63) is 64.7 Å². The van der Waals surface area contributed by atoms with Crippen LogP contribution in [0.2, 0.25) is 5.02 Å². The van der Waals surface area contributed by atoms with E-state index in [4.69, 9.17) is 16.6 Å². The molecule has 0 atom stereocenters. The number of benzene rings is 2. The van der Waals surface area contributed by atoms with Crippen LogP contribution in [0.5, 0.6) is 0 Å². The number of nitrogens with zero attached hydrogens (tertiary/aromatic N) is 1. The van der Waals surface area contributed by atoms with Crippen LogP contribution in [0.1, 0.15) is 28.8 Å². The van der Waals surface area contributed by atoms with Crippen LogP contribution in [0, 0.1) is 6.92 Å². The van der Waals surface area contributed by atoms with Gasteiger partial charge in [-0.25, -0.2) is 4.98 Å². The van der Waals surface area contributed by atoms with E-state index in [0.29, 0.717) is 16.6 Å². The van der Waals surface area contributed by atoms with Crippen LogP contribution in [-0.2, 0) is 0 Å². The molecule has 4 rings (SSSR count). The summed E-state index contributed by atoms with van der Waals surface area (Å²) >= 11 is 6.14. The second kappa shape index (κ2) is 5.91. The predicted molar refractivity (Wildman–Crippen MR) is 97.4 cm³/mol. The summed E-state index contributed by atoms with van der Waals surface area (Å²) in [7, 11) is 0. The number of rotatable bonds is 3. The van der Waals surface area contributed by atoms with Crippen molar-refractivity contribution in [2.75, 3.05) is 0 Å². The van der Waals surface area contributed by atoms with E-state index >= 15 is 0 Å². The van der Waals surface area contributed by atoms with Crippen LogP contribution >= 0.6 is 11.6 Å². The highest BCUT2D eigenvalue weighted by molar-refractivity contribution is 6.31. The Morgan fingerprint density at radius 3 is 2.71 bits per heavy atom. The number of aromatic nitrogens is 1. The first-order valence-corrected chi connectivity index (χ1v) is 8.47. The number of amides is 1. The fourth-order valence-corrected chi connectivity index (χ4v) is 3.05. The van der Waals surface area contributed by atoms with Gasteiger partial charge in [-0.2, -0.15) is 0 Å². The highest BCUT2D eigenvalue weighted by Crippen LogP contribution is 2.29. The maximum atomic E-state index is 12.7. The molecule has 0 aliphatic heterocycles. The van der Waals surface area contributed by atoms with E-state index in [2.05, 4.69) is 5.32 Å². The molecule has 24 heavy (non-hydrogen) atoms. The largest absolute Gasteiger partial charge is 0.349 e. The molecular formula is C20H17ClN2O. The zero-order valence-corrected chi connectivity index (χ0v) is 14.1. The fraction of sp³-hybridized carbons (Fsp3) is 0.200. The lowest BCUT2D eigenvalue weighted by molar-refractivity contribution is 0.0952. The quantitative estimate of drug-likeness (QED) is 0.749. The molecular weight excluding hydrogens is 320 g/mol. The molecule has 1 amide bonds. The van der Waals surface area contributed by atoms with Gasteiger partial charge in [0.1, 0.15) is 0 Å². The third-order valence-electron chi connectivity index (χ3n) is 4.35. The number of hydrogen-bond acceptors (Lipinski definition) is 2. The van der Waals surface area contributed by atoms with Crippen LogP contribution in [0.25, 0.3) is 22.2 Å². The molecule has 0 bridgehead atoms. The normalized spacial score (nSPS) is 13.9. The molecule has 0 spiro atoms. The number of fused-ring (bicyclic) bond motifs is 1. The average molecular weight is 337 g/mol. The van der Waals surface area contributed by atoms with E-state index in [9.17, 15) is 4.79 Å². The molecule has 4 heteroatoms. The molecule has 0 radical (unpaired) electrons. The van der Waals surface area contributed by atoms with Crippen molar-refractivity contribution in [1.82, 2.24) is 10.3 Å². The molecule has 1 N–H and O–H groups in total. The number of nitrogens with one attached hydrogen (secondary N) is 1. The van der Waals surface area contributed by atoms with E-state index in [1.807, 2.05) is 49.4 Å². The van der Waals surface area contributed by atoms with Crippen molar-refractivity contribution in [1.29, 1.82) is 0 Å². The summed E-state index contributed by atoms with van der Waals surface area (Å²) in [6, 6.07) is 15.7. The summed E-state index contributed by atoms with van der Waals surface area (Å²) in [5, 5.41) is 4.46. The Morgan fingerprint density at radius 2 is 1.96 bits per heavy atom. The van der Waals surface area contributed by atoms with Crippen molar-refractivity contribution in [3.63, 3.8) is 0 Å². The topological polar surface area (TPSA) is 42.0 Å². The number of carbonyl (C=O) groups excluding carboxylic acids is 1. The minimum Gasteiger partial charge on any atom is -0.349 e. The Morgan fingerprint density at radius 1 is 1.17 bits per heavy atom. The van der Waals surface area contributed by atoms with Gasteiger partial charge >= 0.3 is 0 Å². The van der Waals surface area contributed by atoms with Crippen LogP contribution in [0.4, 0.5) is 0 Å². The van der Waals surface area contributed by atoms with Gasteiger partial charge in [0.05, 0.1) is 16.8 Å². The van der Waals surface area contributed by atoms with Crippen molar-refractivity contribution in [2.45, 2.75) is 25.8 Å². The van der Waals surface area contributed by atoms with Gasteiger partial charge in [-0.05, 0) is 49.6 Å². The minimum atomic E-state index is -0.0537. The number of aryl methyl sites for hydroxylation is 1. The number of halogens is 1. The van der Waals surface area contributed by atoms with Crippen LogP contribution in [0.15, 0.2) is 48.5 Å². The summed E-state index contributed by atoms with van der Waals surface area (Å²) < 4.78 is 0. The number of carbonyl (C=O) groups is 1. The smallest absolute Gasteiger partial charge is 0.252 e. The Bertz CT molecular complexity index is 948. The summed E-state index contributed by atoms with van der Waals surface area (Å²) in [5.74, 6) is -0.0537. The predicted octanol–water partition coefficient (Wildman–Crippen LogP) is 4.76. The molecule has 1 heterocycles. The summed E-state index contributed by atoms with van der Waals surface area (Å²) in [4.78, 5) is 17.5. The van der Waals surface area contributed by atoms with Crippen LogP contribution in [0.3, 0.4) is 0 Å². The van der Waals surface area contributed by atoms with Crippen molar-refractivity contribution in [2.24, 2.45) is 0 Å². The van der Waals surface area contributed by atoms with Gasteiger partial charge in [0, 0.05) is 22.0 Å². The molecule has 0 saturated heterocycles. The van der Waals surface area contributed by atoms with Gasteiger partial charge < -0.3 is 5.32 Å². The molecule has 1 fully saturated rings. The van der Waals surface area contributed by atoms with Gasteiger partial charge in [0.25, 0.3) is 5.91 Å². The first-order valence-electron chi connectivity index (χ1n) is 8.09. The van der Waals surface area contributed by atoms with Crippen molar-refractivity contribution < 1.29 is 4.79 Å². The third-order valence-corrected chi connectivity index (χ3v) is 4.58. The Hall–Kier alpha value is -2.39. The fourth-order valence-electron chi connectivity index (χ4n) is 2.87. The van der Waals surface area contributed by atoms with E-state index in [-0.39, 0.29) is 5.91 Å². The van der Waals surface area contributed by atoms with Crippen molar-refractivity contribution in [3.8, 4) is 11.3 Å². The van der Waals surface area contributed by atoms with Gasteiger partial charge in [0.2, 0.25) is 0 Å². The molecule has 0 unspecified atom stereocenters. The first kappa shape index (κ1) is 15.2. The van der Waals surface area contributed by atoms with Crippen LogP contribution < -0.4 is 5.32 Å². The standard InChI is InChI=1S/C20H17ClN2O/c1-12-4-2-3-5-15(12)19-11-17(20(24)22-14-7-8-14)16-10-13(21)6-9-18(16)23-19/h2-6,9-11,14H,7-8H2,1H3,(H,22,24). The minimum absolute atomic E-state index is 0.0537. The molecule has 1 saturated carbocycles. The zero-order chi connectivity index (χ0) is 16.7. The third kappa shape index (κ3) is 2.87. The molecule has 1 aromatic heterocycles. The van der Waals surface area contributed by atoms with Gasteiger partial charge in [0.15, 0.2) is 0 Å². The molecule has 1 aliphatic carbocycles. The van der Waals surface area contributed by atoms with Crippen LogP contribution in [-0.4, -0.2) is 16.9 Å².